The number of urea groups is 1. The number of aromatic nitrogens is 2. The van der Waals surface area contributed by atoms with E-state index in [0.717, 1.165) is 0 Å². The van der Waals surface area contributed by atoms with Crippen LogP contribution in [0.25, 0.3) is 0 Å². The van der Waals surface area contributed by atoms with E-state index in [1.165, 1.54) is 4.90 Å². The van der Waals surface area contributed by atoms with Crippen LogP contribution in [0.4, 0.5) is 4.79 Å². The first-order valence-corrected chi connectivity index (χ1v) is 6.57. The Labute approximate surface area is 116 Å². The van der Waals surface area contributed by atoms with Gasteiger partial charge in [0.15, 0.2) is 5.82 Å². The number of amides is 2. The maximum Gasteiger partial charge on any atom is 0.329 e. The third-order valence-corrected chi connectivity index (χ3v) is 3.68. The van der Waals surface area contributed by atoms with E-state index in [2.05, 4.69) is 15.5 Å². The van der Waals surface area contributed by atoms with Crippen LogP contribution in [0, 0.1) is 6.92 Å². The van der Waals surface area contributed by atoms with Crippen LogP contribution in [0.3, 0.4) is 0 Å². The van der Waals surface area contributed by atoms with Crippen molar-refractivity contribution in [3.63, 3.8) is 0 Å². The molecular formula is C12H18N4O4. The lowest BCUT2D eigenvalue weighted by Gasteiger charge is -2.33. The van der Waals surface area contributed by atoms with Crippen molar-refractivity contribution < 1.29 is 19.2 Å². The van der Waals surface area contributed by atoms with Gasteiger partial charge in [-0.2, -0.15) is 4.98 Å². The molecule has 8 nitrogen and oxygen atoms in total. The van der Waals surface area contributed by atoms with Gasteiger partial charge in [-0.1, -0.05) is 12.1 Å². The number of carbonyl (C=O) groups excluding carboxylic acids is 1. The lowest BCUT2D eigenvalue weighted by atomic mass is 9.93. The van der Waals surface area contributed by atoms with Crippen LogP contribution in [0.1, 0.15) is 37.9 Å². The van der Waals surface area contributed by atoms with Gasteiger partial charge >= 0.3 is 12.0 Å². The second kappa shape index (κ2) is 5.48. The Morgan fingerprint density at radius 2 is 2.30 bits per heavy atom. The van der Waals surface area contributed by atoms with Gasteiger partial charge in [0.25, 0.3) is 0 Å². The Morgan fingerprint density at radius 1 is 1.55 bits per heavy atom. The Bertz CT molecular complexity index is 515. The van der Waals surface area contributed by atoms with Crippen molar-refractivity contribution in [1.29, 1.82) is 0 Å². The van der Waals surface area contributed by atoms with Crippen molar-refractivity contribution >= 4 is 12.0 Å². The fourth-order valence-corrected chi connectivity index (χ4v) is 2.57. The number of hydrogen-bond acceptors (Lipinski definition) is 5. The minimum absolute atomic E-state index is 0.0928. The molecule has 1 aliphatic heterocycles. The summed E-state index contributed by atoms with van der Waals surface area (Å²) in [5.41, 5.74) is -1.10. The summed E-state index contributed by atoms with van der Waals surface area (Å²) in [6, 6.07) is -0.414. The number of carboxylic acid groups (broad SMARTS) is 1. The molecule has 2 amide bonds. The Morgan fingerprint density at radius 3 is 2.85 bits per heavy atom. The molecule has 2 N–H and O–H groups in total. The van der Waals surface area contributed by atoms with Gasteiger partial charge in [-0.25, -0.2) is 9.59 Å². The van der Waals surface area contributed by atoms with Crippen LogP contribution < -0.4 is 5.32 Å². The number of likely N-dealkylation sites (tertiary alicyclic amines) is 1. The van der Waals surface area contributed by atoms with E-state index in [1.807, 2.05) is 0 Å². The number of nitrogens with one attached hydrogen (secondary N) is 1. The zero-order valence-corrected chi connectivity index (χ0v) is 11.5. The molecule has 1 aromatic heterocycles. The van der Waals surface area contributed by atoms with Crippen LogP contribution >= 0.6 is 0 Å². The number of aliphatic carboxylic acids is 1. The van der Waals surface area contributed by atoms with E-state index in [-0.39, 0.29) is 6.54 Å². The first-order chi connectivity index (χ1) is 9.49. The van der Waals surface area contributed by atoms with Crippen molar-refractivity contribution in [3.05, 3.63) is 11.7 Å². The Balaban J connectivity index is 2.02. The predicted molar refractivity (Wildman–Crippen MR) is 67.9 cm³/mol. The molecule has 0 aromatic carbocycles. The van der Waals surface area contributed by atoms with Gasteiger partial charge < -0.3 is 19.8 Å². The summed E-state index contributed by atoms with van der Waals surface area (Å²) in [5.74, 6) is -0.169. The average Bonchev–Trinajstić information content (AvgIpc) is 3.02. The highest BCUT2D eigenvalue weighted by molar-refractivity contribution is 5.87. The molecule has 0 radical (unpaired) electrons. The molecule has 8 heteroatoms. The number of aryl methyl sites for hydroxylation is 1. The summed E-state index contributed by atoms with van der Waals surface area (Å²) in [4.78, 5) is 29.0. The number of carboxylic acids is 1. The number of hydrogen-bond donors (Lipinski definition) is 2. The molecule has 0 bridgehead atoms. The minimum atomic E-state index is -1.10. The fraction of sp³-hybridized carbons (Fsp3) is 0.667. The van der Waals surface area contributed by atoms with Crippen LogP contribution in [0.5, 0.6) is 0 Å². The highest BCUT2D eigenvalue weighted by Gasteiger charge is 2.48. The smallest absolute Gasteiger partial charge is 0.329 e. The SMILES string of the molecule is CCC1(C(=O)O)CCCN1C(=O)NCc1nc(C)no1. The normalized spacial score (nSPS) is 22.0. The highest BCUT2D eigenvalue weighted by atomic mass is 16.5. The van der Waals surface area contributed by atoms with Crippen molar-refractivity contribution in [2.24, 2.45) is 0 Å². The lowest BCUT2D eigenvalue weighted by molar-refractivity contribution is -0.148. The zero-order valence-electron chi connectivity index (χ0n) is 11.5. The molecule has 0 spiro atoms. The molecule has 1 aliphatic rings. The maximum atomic E-state index is 12.2. The van der Waals surface area contributed by atoms with Gasteiger partial charge in [0, 0.05) is 6.54 Å². The molecule has 1 fully saturated rings. The number of nitrogens with zero attached hydrogens (tertiary/aromatic N) is 3. The highest BCUT2D eigenvalue weighted by Crippen LogP contribution is 2.32. The second-order valence-corrected chi connectivity index (χ2v) is 4.84. The van der Waals surface area contributed by atoms with Crippen LogP contribution in [-0.4, -0.2) is 44.2 Å². The molecule has 2 heterocycles. The molecule has 110 valence electrons. The standard InChI is InChI=1S/C12H18N4O4/c1-3-12(10(17)18)5-4-6-16(12)11(19)13-7-9-14-8(2)15-20-9/h3-7H2,1-2H3,(H,13,19)(H,17,18). The summed E-state index contributed by atoms with van der Waals surface area (Å²) < 4.78 is 4.89. The van der Waals surface area contributed by atoms with Crippen LogP contribution in [0.2, 0.25) is 0 Å². The van der Waals surface area contributed by atoms with Gasteiger partial charge in [0.2, 0.25) is 5.89 Å². The van der Waals surface area contributed by atoms with Gasteiger partial charge in [-0.15, -0.1) is 0 Å². The van der Waals surface area contributed by atoms with E-state index >= 15 is 0 Å². The number of rotatable bonds is 4. The largest absolute Gasteiger partial charge is 0.479 e. The van der Waals surface area contributed by atoms with Crippen molar-refractivity contribution in [3.8, 4) is 0 Å². The Hall–Kier alpha value is -2.12. The van der Waals surface area contributed by atoms with E-state index in [9.17, 15) is 14.7 Å². The van der Waals surface area contributed by atoms with Crippen LogP contribution in [-0.2, 0) is 11.3 Å². The van der Waals surface area contributed by atoms with Gasteiger partial charge in [-0.05, 0) is 26.2 Å². The minimum Gasteiger partial charge on any atom is -0.479 e. The molecule has 1 unspecified atom stereocenters. The summed E-state index contributed by atoms with van der Waals surface area (Å²) >= 11 is 0. The average molecular weight is 282 g/mol. The van der Waals surface area contributed by atoms with Crippen LogP contribution in [0.15, 0.2) is 4.52 Å². The van der Waals surface area contributed by atoms with E-state index in [0.29, 0.717) is 37.5 Å². The van der Waals surface area contributed by atoms with Crippen molar-refractivity contribution in [1.82, 2.24) is 20.4 Å². The zero-order chi connectivity index (χ0) is 14.8. The first kappa shape index (κ1) is 14.3. The molecule has 1 aromatic rings. The van der Waals surface area contributed by atoms with E-state index in [1.54, 1.807) is 13.8 Å². The predicted octanol–water partition coefficient (Wildman–Crippen LogP) is 0.917. The summed E-state index contributed by atoms with van der Waals surface area (Å²) in [7, 11) is 0. The molecule has 1 atom stereocenters. The van der Waals surface area contributed by atoms with Gasteiger partial charge in [0.1, 0.15) is 5.54 Å². The molecule has 1 saturated heterocycles. The summed E-state index contributed by atoms with van der Waals surface area (Å²) in [5, 5.41) is 15.7. The van der Waals surface area contributed by atoms with Gasteiger partial charge in [0.05, 0.1) is 6.54 Å². The quantitative estimate of drug-likeness (QED) is 0.850. The Kier molecular flexibility index (Phi) is 3.91. The summed E-state index contributed by atoms with van der Waals surface area (Å²) in [6.07, 6.45) is 1.55. The topological polar surface area (TPSA) is 109 Å². The number of carbonyl (C=O) groups is 2. The molecule has 20 heavy (non-hydrogen) atoms. The third-order valence-electron chi connectivity index (χ3n) is 3.68. The third kappa shape index (κ3) is 2.45. The van der Waals surface area contributed by atoms with Gasteiger partial charge in [-0.3, -0.25) is 0 Å². The molecule has 0 saturated carbocycles. The molecule has 0 aliphatic carbocycles. The lowest BCUT2D eigenvalue weighted by Crippen LogP contribution is -2.55. The van der Waals surface area contributed by atoms with Crippen molar-refractivity contribution in [2.75, 3.05) is 6.54 Å². The molecular weight excluding hydrogens is 264 g/mol. The van der Waals surface area contributed by atoms with Crippen molar-refractivity contribution in [2.45, 2.75) is 45.2 Å². The monoisotopic (exact) mass is 282 g/mol. The van der Waals surface area contributed by atoms with E-state index in [4.69, 9.17) is 4.52 Å². The fourth-order valence-electron chi connectivity index (χ4n) is 2.57. The second-order valence-electron chi connectivity index (χ2n) is 4.84. The molecule has 2 rings (SSSR count). The van der Waals surface area contributed by atoms with E-state index < -0.39 is 17.5 Å². The maximum absolute atomic E-state index is 12.2. The summed E-state index contributed by atoms with van der Waals surface area (Å²) in [6.45, 7) is 3.99. The first-order valence-electron chi connectivity index (χ1n) is 6.57.